The highest BCUT2D eigenvalue weighted by Gasteiger charge is 2.49. The lowest BCUT2D eigenvalue weighted by molar-refractivity contribution is -0.153. The molecule has 0 radical (unpaired) electrons. The molecule has 2 fully saturated rings. The van der Waals surface area contributed by atoms with Crippen LogP contribution in [-0.2, 0) is 9.59 Å². The van der Waals surface area contributed by atoms with Crippen molar-refractivity contribution in [3.63, 3.8) is 0 Å². The predicted octanol–water partition coefficient (Wildman–Crippen LogP) is 3.46. The summed E-state index contributed by atoms with van der Waals surface area (Å²) in [7, 11) is 0. The normalized spacial score (nSPS) is 28.6. The Morgan fingerprint density at radius 3 is 2.68 bits per heavy atom. The number of fused-ring (bicyclic) bond motifs is 3. The highest BCUT2D eigenvalue weighted by Crippen LogP contribution is 2.51. The molecule has 8 heteroatoms. The molecule has 2 aromatic rings. The third-order valence-corrected chi connectivity index (χ3v) is 7.59. The van der Waals surface area contributed by atoms with Gasteiger partial charge in [-0.3, -0.25) is 4.79 Å². The van der Waals surface area contributed by atoms with Crippen molar-refractivity contribution in [2.75, 3.05) is 11.9 Å². The van der Waals surface area contributed by atoms with E-state index in [4.69, 9.17) is 10.6 Å². The van der Waals surface area contributed by atoms with Gasteiger partial charge in [-0.1, -0.05) is 31.0 Å². The van der Waals surface area contributed by atoms with Crippen LogP contribution >= 0.6 is 0 Å². The maximum atomic E-state index is 13.7. The molecule has 1 amide bonds. The van der Waals surface area contributed by atoms with Crippen LogP contribution in [0.2, 0.25) is 0 Å². The number of nitrogens with one attached hydrogen (secondary N) is 1. The third-order valence-electron chi connectivity index (χ3n) is 7.59. The molecule has 182 valence electrons. The predicted molar refractivity (Wildman–Crippen MR) is 129 cm³/mol. The van der Waals surface area contributed by atoms with Crippen LogP contribution in [0.1, 0.15) is 76.3 Å². The quantitative estimate of drug-likeness (QED) is 0.720. The van der Waals surface area contributed by atoms with E-state index in [0.29, 0.717) is 12.4 Å². The summed E-state index contributed by atoms with van der Waals surface area (Å²) < 4.78 is 1.48. The molecule has 2 aliphatic heterocycles. The first-order valence-corrected chi connectivity index (χ1v) is 12.4. The van der Waals surface area contributed by atoms with E-state index in [1.165, 1.54) is 4.73 Å². The Balaban J connectivity index is 1.48. The van der Waals surface area contributed by atoms with Gasteiger partial charge in [0, 0.05) is 30.4 Å². The Morgan fingerprint density at radius 1 is 1.15 bits per heavy atom. The van der Waals surface area contributed by atoms with Crippen LogP contribution in [0.15, 0.2) is 36.7 Å². The fraction of sp³-hybridized carbons (Fsp3) is 0.577. The lowest BCUT2D eigenvalue weighted by Gasteiger charge is -2.41. The van der Waals surface area contributed by atoms with Crippen LogP contribution < -0.4 is 15.9 Å². The fourth-order valence-corrected chi connectivity index (χ4v) is 5.73. The van der Waals surface area contributed by atoms with Crippen molar-refractivity contribution in [1.82, 2.24) is 14.6 Å². The molecule has 1 saturated carbocycles. The van der Waals surface area contributed by atoms with Gasteiger partial charge < -0.3 is 20.8 Å². The summed E-state index contributed by atoms with van der Waals surface area (Å²) in [5.74, 6) is 0.494. The number of hydrogen-bond acceptors (Lipinski definition) is 6. The van der Waals surface area contributed by atoms with Gasteiger partial charge in [-0.15, -0.1) is 0 Å². The van der Waals surface area contributed by atoms with Crippen LogP contribution in [0.3, 0.4) is 0 Å². The van der Waals surface area contributed by atoms with Crippen molar-refractivity contribution in [1.29, 1.82) is 0 Å². The molecule has 1 aliphatic carbocycles. The van der Waals surface area contributed by atoms with E-state index in [1.54, 1.807) is 12.4 Å². The Morgan fingerprint density at radius 2 is 1.91 bits per heavy atom. The van der Waals surface area contributed by atoms with E-state index in [2.05, 4.69) is 21.3 Å². The minimum Gasteiger partial charge on any atom is -0.374 e. The van der Waals surface area contributed by atoms with Gasteiger partial charge in [-0.05, 0) is 51.7 Å². The molecular formula is C26H35N5O3. The highest BCUT2D eigenvalue weighted by molar-refractivity contribution is 5.81. The Hall–Kier alpha value is -2.87. The SMILES string of the molecule is CC(C)(C)C(=O)On1ccnc1[C@@H]1Nc2ccccc2[C@H]2[C@@H]1CCN2C(=O)[C@H]1CCCC[C@H]1N. The van der Waals surface area contributed by atoms with Crippen molar-refractivity contribution in [3.8, 4) is 0 Å². The number of hydrogen-bond donors (Lipinski definition) is 2. The monoisotopic (exact) mass is 465 g/mol. The zero-order valence-electron chi connectivity index (χ0n) is 20.2. The lowest BCUT2D eigenvalue weighted by Crippen LogP contribution is -2.47. The summed E-state index contributed by atoms with van der Waals surface area (Å²) in [6, 6.07) is 7.84. The molecule has 5 atom stereocenters. The van der Waals surface area contributed by atoms with E-state index >= 15 is 0 Å². The first-order chi connectivity index (χ1) is 16.3. The number of likely N-dealkylation sites (tertiary alicyclic amines) is 1. The number of aromatic nitrogens is 2. The van der Waals surface area contributed by atoms with Gasteiger partial charge in [0.15, 0.2) is 5.82 Å². The molecule has 3 aliphatic rings. The number of para-hydroxylation sites is 1. The number of amides is 1. The molecule has 34 heavy (non-hydrogen) atoms. The summed E-state index contributed by atoms with van der Waals surface area (Å²) in [6.07, 6.45) is 8.10. The van der Waals surface area contributed by atoms with E-state index in [1.807, 2.05) is 39.0 Å². The largest absolute Gasteiger partial charge is 0.374 e. The van der Waals surface area contributed by atoms with E-state index in [-0.39, 0.29) is 41.8 Å². The third kappa shape index (κ3) is 3.98. The van der Waals surface area contributed by atoms with E-state index in [9.17, 15) is 9.59 Å². The Kier molecular flexibility index (Phi) is 5.88. The number of nitrogens with zero attached hydrogens (tertiary/aromatic N) is 3. The highest BCUT2D eigenvalue weighted by atomic mass is 16.7. The number of imidazole rings is 1. The van der Waals surface area contributed by atoms with Gasteiger partial charge in [0.05, 0.1) is 29.6 Å². The molecule has 0 bridgehead atoms. The summed E-state index contributed by atoms with van der Waals surface area (Å²) >= 11 is 0. The lowest BCUT2D eigenvalue weighted by atomic mass is 9.81. The molecular weight excluding hydrogens is 430 g/mol. The van der Waals surface area contributed by atoms with E-state index < -0.39 is 5.41 Å². The first-order valence-electron chi connectivity index (χ1n) is 12.4. The second kappa shape index (κ2) is 8.73. The van der Waals surface area contributed by atoms with Crippen LogP contribution in [0.5, 0.6) is 0 Å². The number of carbonyl (C=O) groups excluding carboxylic acids is 2. The van der Waals surface area contributed by atoms with Gasteiger partial charge in [-0.2, -0.15) is 4.73 Å². The number of carbonyl (C=O) groups is 2. The van der Waals surface area contributed by atoms with Crippen molar-refractivity contribution >= 4 is 17.6 Å². The second-order valence-electron chi connectivity index (χ2n) is 10.9. The van der Waals surface area contributed by atoms with Gasteiger partial charge in [0.1, 0.15) is 0 Å². The zero-order chi connectivity index (χ0) is 24.0. The second-order valence-corrected chi connectivity index (χ2v) is 10.9. The zero-order valence-corrected chi connectivity index (χ0v) is 20.2. The smallest absolute Gasteiger partial charge is 0.338 e. The van der Waals surface area contributed by atoms with Crippen molar-refractivity contribution in [2.24, 2.45) is 23.0 Å². The first kappa shape index (κ1) is 22.9. The summed E-state index contributed by atoms with van der Waals surface area (Å²) in [5.41, 5.74) is 7.87. The fourth-order valence-electron chi connectivity index (χ4n) is 5.73. The standard InChI is InChI=1S/C26H35N5O3/c1-26(2,3)25(33)34-31-15-13-28-23(31)21-18-12-14-30(24(32)16-8-4-6-10-19(16)27)22(18)17-9-5-7-11-20(17)29-21/h5,7,9,11,13,15-16,18-19,21-22,29H,4,6,8,10,12,14,27H2,1-3H3/t16-,18+,19+,21+,22-/m0/s1. The molecule has 1 aromatic heterocycles. The topological polar surface area (TPSA) is 102 Å². The average Bonchev–Trinajstić information content (AvgIpc) is 3.45. The molecule has 0 spiro atoms. The maximum Gasteiger partial charge on any atom is 0.338 e. The van der Waals surface area contributed by atoms with Gasteiger partial charge in [0.2, 0.25) is 5.91 Å². The van der Waals surface area contributed by atoms with E-state index in [0.717, 1.165) is 43.4 Å². The van der Waals surface area contributed by atoms with Gasteiger partial charge >= 0.3 is 5.97 Å². The van der Waals surface area contributed by atoms with Gasteiger partial charge in [-0.25, -0.2) is 9.78 Å². The van der Waals surface area contributed by atoms with Crippen LogP contribution in [0.25, 0.3) is 0 Å². The molecule has 3 heterocycles. The number of benzene rings is 1. The van der Waals surface area contributed by atoms with Gasteiger partial charge in [0.25, 0.3) is 0 Å². The molecule has 5 rings (SSSR count). The molecule has 0 unspecified atom stereocenters. The van der Waals surface area contributed by atoms with Crippen molar-refractivity contribution in [3.05, 3.63) is 48.0 Å². The Bertz CT molecular complexity index is 1070. The molecule has 8 nitrogen and oxygen atoms in total. The maximum absolute atomic E-state index is 13.7. The van der Waals surface area contributed by atoms with Crippen LogP contribution in [-0.4, -0.2) is 39.1 Å². The minimum atomic E-state index is -0.633. The van der Waals surface area contributed by atoms with Crippen molar-refractivity contribution < 1.29 is 14.4 Å². The number of nitrogens with two attached hydrogens (primary N) is 1. The Labute approximate surface area is 200 Å². The molecule has 1 aromatic carbocycles. The van der Waals surface area contributed by atoms with Crippen molar-refractivity contribution in [2.45, 2.75) is 71.0 Å². The summed E-state index contributed by atoms with van der Waals surface area (Å²) in [6.45, 7) is 6.17. The number of anilines is 1. The average molecular weight is 466 g/mol. The molecule has 1 saturated heterocycles. The molecule has 3 N–H and O–H groups in total. The van der Waals surface area contributed by atoms with Crippen LogP contribution in [0.4, 0.5) is 5.69 Å². The summed E-state index contributed by atoms with van der Waals surface area (Å²) in [4.78, 5) is 38.6. The minimum absolute atomic E-state index is 0.0625. The summed E-state index contributed by atoms with van der Waals surface area (Å²) in [5, 5.41) is 3.63. The van der Waals surface area contributed by atoms with Crippen LogP contribution in [0, 0.1) is 17.3 Å². The number of rotatable bonds is 3.